The summed E-state index contributed by atoms with van der Waals surface area (Å²) in [6.07, 6.45) is 1.93. The molecule has 92 valence electrons. The maximum absolute atomic E-state index is 5.63. The predicted molar refractivity (Wildman–Crippen MR) is 63.8 cm³/mol. The fraction of sp³-hybridized carbons (Fsp3) is 0.778. The van der Waals surface area contributed by atoms with Gasteiger partial charge in [-0.3, -0.25) is 4.57 Å². The highest BCUT2D eigenvalue weighted by Crippen LogP contribution is 2.02. The van der Waals surface area contributed by atoms with Gasteiger partial charge in [0.25, 0.3) is 0 Å². The summed E-state index contributed by atoms with van der Waals surface area (Å²) >= 11 is 5.03. The van der Waals surface area contributed by atoms with E-state index < -0.39 is 0 Å². The number of anilines is 1. The van der Waals surface area contributed by atoms with Gasteiger partial charge in [-0.25, -0.2) is 5.10 Å². The standard InChI is InChI=1S/C9H18N4O2S/c1-14-6-7-15-5-3-2-4-13-8(10)11-12-9(13)16/h2-7H2,1H3,(H2,10,11)(H,12,16). The average molecular weight is 246 g/mol. The van der Waals surface area contributed by atoms with Gasteiger partial charge in [0.05, 0.1) is 13.2 Å². The summed E-state index contributed by atoms with van der Waals surface area (Å²) in [5.41, 5.74) is 5.63. The monoisotopic (exact) mass is 246 g/mol. The van der Waals surface area contributed by atoms with E-state index >= 15 is 0 Å². The van der Waals surface area contributed by atoms with Crippen LogP contribution in [0.4, 0.5) is 5.95 Å². The van der Waals surface area contributed by atoms with Crippen LogP contribution in [0.1, 0.15) is 12.8 Å². The van der Waals surface area contributed by atoms with Gasteiger partial charge >= 0.3 is 0 Å². The molecule has 0 radical (unpaired) electrons. The van der Waals surface area contributed by atoms with Crippen LogP contribution in [-0.4, -0.2) is 41.7 Å². The van der Waals surface area contributed by atoms with Crippen molar-refractivity contribution in [3.63, 3.8) is 0 Å². The number of nitrogens with zero attached hydrogens (tertiary/aromatic N) is 2. The highest BCUT2D eigenvalue weighted by molar-refractivity contribution is 7.71. The maximum Gasteiger partial charge on any atom is 0.220 e. The van der Waals surface area contributed by atoms with E-state index in [1.807, 2.05) is 0 Å². The van der Waals surface area contributed by atoms with Gasteiger partial charge in [0, 0.05) is 20.3 Å². The molecule has 6 nitrogen and oxygen atoms in total. The molecule has 0 amide bonds. The molecule has 1 heterocycles. The van der Waals surface area contributed by atoms with Crippen LogP contribution in [-0.2, 0) is 16.0 Å². The fourth-order valence-corrected chi connectivity index (χ4v) is 1.49. The summed E-state index contributed by atoms with van der Waals surface area (Å²) in [4.78, 5) is 0. The molecule has 7 heteroatoms. The zero-order chi connectivity index (χ0) is 11.8. The van der Waals surface area contributed by atoms with Crippen LogP contribution in [0.3, 0.4) is 0 Å². The van der Waals surface area contributed by atoms with E-state index in [9.17, 15) is 0 Å². The number of H-pyrrole nitrogens is 1. The third-order valence-corrected chi connectivity index (χ3v) is 2.45. The number of methoxy groups -OCH3 is 1. The van der Waals surface area contributed by atoms with Gasteiger partial charge in [0.1, 0.15) is 0 Å². The number of nitrogen functional groups attached to an aromatic ring is 1. The molecule has 0 aliphatic heterocycles. The number of nitrogens with one attached hydrogen (secondary N) is 1. The summed E-state index contributed by atoms with van der Waals surface area (Å²) < 4.78 is 12.6. The molecule has 0 aromatic carbocycles. The third-order valence-electron chi connectivity index (χ3n) is 2.14. The molecule has 0 saturated heterocycles. The number of aromatic amines is 1. The van der Waals surface area contributed by atoms with E-state index in [-0.39, 0.29) is 0 Å². The normalized spacial score (nSPS) is 10.8. The number of nitrogens with two attached hydrogens (primary N) is 1. The van der Waals surface area contributed by atoms with Gasteiger partial charge in [0.2, 0.25) is 5.95 Å². The summed E-state index contributed by atoms with van der Waals surface area (Å²) in [5.74, 6) is 0.435. The van der Waals surface area contributed by atoms with Crippen molar-refractivity contribution in [1.82, 2.24) is 14.8 Å². The lowest BCUT2D eigenvalue weighted by atomic mass is 10.3. The van der Waals surface area contributed by atoms with Gasteiger partial charge < -0.3 is 15.2 Å². The second kappa shape index (κ2) is 7.37. The van der Waals surface area contributed by atoms with Crippen LogP contribution >= 0.6 is 12.2 Å². The molecule has 1 aromatic rings. The Bertz CT molecular complexity index is 350. The number of unbranched alkanes of at least 4 members (excludes halogenated alkanes) is 1. The number of rotatable bonds is 8. The van der Waals surface area contributed by atoms with Crippen molar-refractivity contribution in [2.45, 2.75) is 19.4 Å². The summed E-state index contributed by atoms with van der Waals surface area (Å²) in [7, 11) is 1.66. The minimum absolute atomic E-state index is 0.435. The van der Waals surface area contributed by atoms with Gasteiger partial charge in [-0.1, -0.05) is 0 Å². The smallest absolute Gasteiger partial charge is 0.220 e. The predicted octanol–water partition coefficient (Wildman–Crippen LogP) is 0.966. The molecule has 0 aliphatic rings. The van der Waals surface area contributed by atoms with Crippen molar-refractivity contribution in [3.8, 4) is 0 Å². The highest BCUT2D eigenvalue weighted by Gasteiger charge is 2.00. The second-order valence-corrected chi connectivity index (χ2v) is 3.74. The Morgan fingerprint density at radius 2 is 2.19 bits per heavy atom. The zero-order valence-electron chi connectivity index (χ0n) is 9.44. The van der Waals surface area contributed by atoms with E-state index in [2.05, 4.69) is 10.2 Å². The average Bonchev–Trinajstić information content (AvgIpc) is 2.59. The lowest BCUT2D eigenvalue weighted by Crippen LogP contribution is -2.06. The van der Waals surface area contributed by atoms with Crippen LogP contribution < -0.4 is 5.73 Å². The molecule has 0 bridgehead atoms. The summed E-state index contributed by atoms with van der Waals surface area (Å²) in [6, 6.07) is 0. The first-order chi connectivity index (χ1) is 7.75. The van der Waals surface area contributed by atoms with Crippen molar-refractivity contribution in [1.29, 1.82) is 0 Å². The molecule has 0 atom stereocenters. The molecule has 0 unspecified atom stereocenters. The molecule has 0 spiro atoms. The highest BCUT2D eigenvalue weighted by atomic mass is 32.1. The molecule has 0 aliphatic carbocycles. The van der Waals surface area contributed by atoms with Crippen molar-refractivity contribution in [2.75, 3.05) is 32.7 Å². The zero-order valence-corrected chi connectivity index (χ0v) is 10.3. The topological polar surface area (TPSA) is 78.1 Å². The fourth-order valence-electron chi connectivity index (χ4n) is 1.26. The Labute approximate surface area is 99.7 Å². The minimum atomic E-state index is 0.435. The second-order valence-electron chi connectivity index (χ2n) is 3.35. The molecule has 0 saturated carbocycles. The van der Waals surface area contributed by atoms with Crippen molar-refractivity contribution >= 4 is 18.2 Å². The van der Waals surface area contributed by atoms with Crippen LogP contribution in [0, 0.1) is 4.77 Å². The summed E-state index contributed by atoms with van der Waals surface area (Å²) in [6.45, 7) is 2.78. The Morgan fingerprint density at radius 3 is 2.81 bits per heavy atom. The largest absolute Gasteiger partial charge is 0.382 e. The number of ether oxygens (including phenoxy) is 2. The molecular formula is C9H18N4O2S. The van der Waals surface area contributed by atoms with Crippen LogP contribution in [0.15, 0.2) is 0 Å². The van der Waals surface area contributed by atoms with Crippen molar-refractivity contribution in [2.24, 2.45) is 0 Å². The van der Waals surface area contributed by atoms with Gasteiger partial charge in [-0.2, -0.15) is 0 Å². The molecule has 1 aromatic heterocycles. The number of hydrogen-bond acceptors (Lipinski definition) is 5. The van der Waals surface area contributed by atoms with Crippen LogP contribution in [0.2, 0.25) is 0 Å². The summed E-state index contributed by atoms with van der Waals surface area (Å²) in [5, 5.41) is 6.48. The molecule has 1 rings (SSSR count). The van der Waals surface area contributed by atoms with E-state index in [1.54, 1.807) is 11.7 Å². The quantitative estimate of drug-likeness (QED) is 0.528. The van der Waals surface area contributed by atoms with Crippen LogP contribution in [0.25, 0.3) is 0 Å². The lowest BCUT2D eigenvalue weighted by Gasteiger charge is -2.04. The molecule has 0 fully saturated rings. The maximum atomic E-state index is 5.63. The third kappa shape index (κ3) is 4.30. The number of aromatic nitrogens is 3. The van der Waals surface area contributed by atoms with E-state index in [0.29, 0.717) is 23.9 Å². The molecular weight excluding hydrogens is 228 g/mol. The first-order valence-electron chi connectivity index (χ1n) is 5.23. The van der Waals surface area contributed by atoms with Crippen LogP contribution in [0.5, 0.6) is 0 Å². The van der Waals surface area contributed by atoms with E-state index in [0.717, 1.165) is 26.0 Å². The lowest BCUT2D eigenvalue weighted by molar-refractivity contribution is 0.0684. The first-order valence-corrected chi connectivity index (χ1v) is 5.64. The Morgan fingerprint density at radius 1 is 1.38 bits per heavy atom. The van der Waals surface area contributed by atoms with Gasteiger partial charge in [-0.05, 0) is 25.1 Å². The van der Waals surface area contributed by atoms with Crippen molar-refractivity contribution in [3.05, 3.63) is 4.77 Å². The number of hydrogen-bond donors (Lipinski definition) is 2. The van der Waals surface area contributed by atoms with Gasteiger partial charge in [0.15, 0.2) is 4.77 Å². The Balaban J connectivity index is 2.10. The molecule has 3 N–H and O–H groups in total. The Hall–Kier alpha value is -0.920. The van der Waals surface area contributed by atoms with E-state index in [1.165, 1.54) is 0 Å². The van der Waals surface area contributed by atoms with Crippen molar-refractivity contribution < 1.29 is 9.47 Å². The van der Waals surface area contributed by atoms with E-state index in [4.69, 9.17) is 27.4 Å². The van der Waals surface area contributed by atoms with Gasteiger partial charge in [-0.15, -0.1) is 5.10 Å². The SMILES string of the molecule is COCCOCCCCn1c(N)n[nH]c1=S. The minimum Gasteiger partial charge on any atom is -0.382 e. The first kappa shape index (κ1) is 13.1. The Kier molecular flexibility index (Phi) is 6.05. The molecule has 16 heavy (non-hydrogen) atoms.